The molecule has 0 aliphatic carbocycles. The molecule has 0 atom stereocenters. The zero-order valence-electron chi connectivity index (χ0n) is 20.8. The summed E-state index contributed by atoms with van der Waals surface area (Å²) >= 11 is 0. The highest BCUT2D eigenvalue weighted by atomic mass is 19.4. The number of aromatic nitrogens is 3. The Kier molecular flexibility index (Phi) is 5.87. The van der Waals surface area contributed by atoms with Gasteiger partial charge in [-0.25, -0.2) is 4.68 Å². The van der Waals surface area contributed by atoms with Gasteiger partial charge in [0.25, 0.3) is 5.91 Å². The number of rotatable bonds is 5. The fourth-order valence-corrected chi connectivity index (χ4v) is 5.07. The number of halogens is 3. The number of nitrogens with one attached hydrogen (secondary N) is 1. The van der Waals surface area contributed by atoms with Crippen molar-refractivity contribution >= 4 is 28.4 Å². The van der Waals surface area contributed by atoms with Gasteiger partial charge < -0.3 is 20.5 Å². The van der Waals surface area contributed by atoms with Gasteiger partial charge in [0.1, 0.15) is 5.69 Å². The first-order valence-electron chi connectivity index (χ1n) is 12.3. The van der Waals surface area contributed by atoms with Gasteiger partial charge in [0.05, 0.1) is 11.1 Å². The second-order valence-corrected chi connectivity index (χ2v) is 9.27. The average molecular weight is 533 g/mol. The van der Waals surface area contributed by atoms with Crippen LogP contribution < -0.4 is 16.0 Å². The third kappa shape index (κ3) is 4.20. The largest absolute Gasteiger partial charge is 0.435 e. The number of amides is 1. The van der Waals surface area contributed by atoms with Crippen LogP contribution in [0.4, 0.5) is 24.7 Å². The number of anilines is 2. The molecule has 0 saturated heterocycles. The topological polar surface area (TPSA) is 102 Å². The third-order valence-corrected chi connectivity index (χ3v) is 6.89. The van der Waals surface area contributed by atoms with Crippen molar-refractivity contribution < 1.29 is 22.5 Å². The number of nitrogens with zero attached hydrogens (tertiary/aromatic N) is 4. The van der Waals surface area contributed by atoms with Crippen LogP contribution in [0.1, 0.15) is 27.3 Å². The zero-order chi connectivity index (χ0) is 27.3. The van der Waals surface area contributed by atoms with Crippen molar-refractivity contribution in [3.63, 3.8) is 0 Å². The van der Waals surface area contributed by atoms with E-state index in [2.05, 4.69) is 15.6 Å². The summed E-state index contributed by atoms with van der Waals surface area (Å²) in [5.74, 6) is -0.478. The Hall–Kier alpha value is -4.64. The van der Waals surface area contributed by atoms with Crippen LogP contribution >= 0.6 is 0 Å². The minimum atomic E-state index is -4.72. The number of hydrogen-bond acceptors (Lipinski definition) is 6. The van der Waals surface area contributed by atoms with Crippen LogP contribution in [0.25, 0.3) is 27.8 Å². The number of alkyl halides is 3. The van der Waals surface area contributed by atoms with Crippen LogP contribution in [0.15, 0.2) is 71.3 Å². The molecule has 39 heavy (non-hydrogen) atoms. The summed E-state index contributed by atoms with van der Waals surface area (Å²) in [7, 11) is 1.88. The first-order chi connectivity index (χ1) is 18.8. The van der Waals surface area contributed by atoms with Crippen molar-refractivity contribution in [1.82, 2.24) is 20.3 Å². The molecular weight excluding hydrogens is 509 g/mol. The maximum Gasteiger partial charge on any atom is 0.435 e. The molecule has 6 rings (SSSR count). The zero-order valence-corrected chi connectivity index (χ0v) is 20.8. The SMILES string of the molecule is CNCc1ccccc1-c1ccc(N2CCc3c(C(F)(F)F)nn(-c4ccc5onc(N)c5c4)c3C2=O)cc1. The Labute approximate surface area is 220 Å². The fraction of sp³-hybridized carbons (Fsp3) is 0.179. The standard InChI is InChI=1S/C28H23F3N6O2/c1-33-15-17-4-2-3-5-20(17)16-6-8-18(9-7-16)36-13-12-21-24(27(36)38)37(34-25(21)28(29,30)31)19-10-11-23-22(14-19)26(32)35-39-23/h2-11,14,33H,12-13,15H2,1H3,(H2,32,35). The van der Waals surface area contributed by atoms with E-state index in [1.165, 1.54) is 23.1 Å². The summed E-state index contributed by atoms with van der Waals surface area (Å²) in [6.07, 6.45) is -4.72. The average Bonchev–Trinajstić information content (AvgIpc) is 3.51. The molecule has 1 aliphatic heterocycles. The van der Waals surface area contributed by atoms with Crippen LogP contribution in [-0.2, 0) is 19.1 Å². The molecule has 0 radical (unpaired) electrons. The molecule has 11 heteroatoms. The van der Waals surface area contributed by atoms with Gasteiger partial charge in [0, 0.05) is 24.3 Å². The summed E-state index contributed by atoms with van der Waals surface area (Å²) in [6.45, 7) is 0.789. The lowest BCUT2D eigenvalue weighted by atomic mass is 9.98. The van der Waals surface area contributed by atoms with Gasteiger partial charge in [-0.2, -0.15) is 18.3 Å². The Morgan fingerprint density at radius 2 is 1.79 bits per heavy atom. The van der Waals surface area contributed by atoms with E-state index in [9.17, 15) is 18.0 Å². The summed E-state index contributed by atoms with van der Waals surface area (Å²) in [5.41, 5.74) is 8.88. The van der Waals surface area contributed by atoms with Gasteiger partial charge >= 0.3 is 6.18 Å². The van der Waals surface area contributed by atoms with Crippen molar-refractivity contribution in [3.05, 3.63) is 89.2 Å². The maximum atomic E-state index is 14.0. The highest BCUT2D eigenvalue weighted by Crippen LogP contribution is 2.38. The molecule has 0 fully saturated rings. The van der Waals surface area contributed by atoms with Gasteiger partial charge in [-0.1, -0.05) is 41.6 Å². The van der Waals surface area contributed by atoms with E-state index in [1.807, 2.05) is 55.6 Å². The van der Waals surface area contributed by atoms with Gasteiger partial charge in [0.15, 0.2) is 17.1 Å². The van der Waals surface area contributed by atoms with E-state index < -0.39 is 17.8 Å². The van der Waals surface area contributed by atoms with Crippen molar-refractivity contribution in [2.45, 2.75) is 19.1 Å². The predicted octanol–water partition coefficient (Wildman–Crippen LogP) is 5.20. The number of hydrogen-bond donors (Lipinski definition) is 2. The van der Waals surface area contributed by atoms with Crippen LogP contribution in [0.5, 0.6) is 0 Å². The minimum Gasteiger partial charge on any atom is -0.380 e. The lowest BCUT2D eigenvalue weighted by Crippen LogP contribution is -2.39. The van der Waals surface area contributed by atoms with Crippen LogP contribution in [0.2, 0.25) is 0 Å². The predicted molar refractivity (Wildman–Crippen MR) is 141 cm³/mol. The molecule has 0 unspecified atom stereocenters. The lowest BCUT2D eigenvalue weighted by Gasteiger charge is -2.28. The number of benzene rings is 3. The number of carbonyl (C=O) groups is 1. The van der Waals surface area contributed by atoms with Gasteiger partial charge in [-0.05, 0) is 60.5 Å². The Morgan fingerprint density at radius 1 is 1.05 bits per heavy atom. The molecule has 1 aliphatic rings. The molecule has 0 spiro atoms. The molecule has 3 aromatic carbocycles. The molecule has 2 aromatic heterocycles. The van der Waals surface area contributed by atoms with Gasteiger partial charge in [-0.3, -0.25) is 4.79 Å². The molecule has 5 aromatic rings. The number of nitrogen functional groups attached to an aromatic ring is 1. The second-order valence-electron chi connectivity index (χ2n) is 9.27. The highest BCUT2D eigenvalue weighted by molar-refractivity contribution is 6.08. The van der Waals surface area contributed by atoms with Gasteiger partial charge in [0.2, 0.25) is 0 Å². The highest BCUT2D eigenvalue weighted by Gasteiger charge is 2.43. The van der Waals surface area contributed by atoms with Crippen LogP contribution in [0.3, 0.4) is 0 Å². The maximum absolute atomic E-state index is 14.0. The Morgan fingerprint density at radius 3 is 2.54 bits per heavy atom. The van der Waals surface area contributed by atoms with Crippen molar-refractivity contribution in [2.24, 2.45) is 0 Å². The summed E-state index contributed by atoms with van der Waals surface area (Å²) in [6, 6.07) is 20.0. The number of fused-ring (bicyclic) bond motifs is 2. The molecule has 198 valence electrons. The smallest absolute Gasteiger partial charge is 0.380 e. The summed E-state index contributed by atoms with van der Waals surface area (Å²) in [5, 5.41) is 11.1. The van der Waals surface area contributed by atoms with E-state index >= 15 is 0 Å². The van der Waals surface area contributed by atoms with Gasteiger partial charge in [-0.15, -0.1) is 0 Å². The molecule has 3 N–H and O–H groups in total. The molecule has 3 heterocycles. The minimum absolute atomic E-state index is 0.000317. The molecule has 8 nitrogen and oxygen atoms in total. The first-order valence-corrected chi connectivity index (χ1v) is 12.3. The van der Waals surface area contributed by atoms with Crippen LogP contribution in [-0.4, -0.2) is 34.4 Å². The second kappa shape index (κ2) is 9.28. The normalized spacial score (nSPS) is 13.7. The molecule has 1 amide bonds. The molecule has 0 saturated carbocycles. The summed E-state index contributed by atoms with van der Waals surface area (Å²) in [4.78, 5) is 15.2. The van der Waals surface area contributed by atoms with E-state index in [4.69, 9.17) is 10.3 Å². The summed E-state index contributed by atoms with van der Waals surface area (Å²) < 4.78 is 48.0. The Bertz CT molecular complexity index is 1710. The van der Waals surface area contributed by atoms with E-state index in [-0.39, 0.29) is 35.7 Å². The quantitative estimate of drug-likeness (QED) is 0.323. The third-order valence-electron chi connectivity index (χ3n) is 6.89. The van der Waals surface area contributed by atoms with Crippen LogP contribution in [0, 0.1) is 0 Å². The van der Waals surface area contributed by atoms with Crippen molar-refractivity contribution in [2.75, 3.05) is 24.2 Å². The van der Waals surface area contributed by atoms with E-state index in [0.29, 0.717) is 23.2 Å². The first kappa shape index (κ1) is 24.7. The monoisotopic (exact) mass is 532 g/mol. The molecular formula is C28H23F3N6O2. The number of nitrogens with two attached hydrogens (primary N) is 1. The number of carbonyl (C=O) groups excluding carboxylic acids is 1. The molecule has 0 bridgehead atoms. The fourth-order valence-electron chi connectivity index (χ4n) is 5.07. The van der Waals surface area contributed by atoms with Crippen molar-refractivity contribution in [1.29, 1.82) is 0 Å². The van der Waals surface area contributed by atoms with Crippen molar-refractivity contribution in [3.8, 4) is 16.8 Å². The van der Waals surface area contributed by atoms with E-state index in [0.717, 1.165) is 21.4 Å². The Balaban J connectivity index is 1.40. The van der Waals surface area contributed by atoms with E-state index in [1.54, 1.807) is 0 Å². The lowest BCUT2D eigenvalue weighted by molar-refractivity contribution is -0.141.